The lowest BCUT2D eigenvalue weighted by Crippen LogP contribution is -2.25. The molecule has 0 atom stereocenters. The second kappa shape index (κ2) is 7.81. The SMILES string of the molecule is COc1ccc(S(=O)(=O)Nc2cc3c4c(oc3c3ccccc23)CC(C)(C)CC4=O)cc1[N+](=O)[O-]. The first kappa shape index (κ1) is 22.9. The first-order valence-electron chi connectivity index (χ1n) is 10.9. The van der Waals surface area contributed by atoms with Crippen LogP contribution in [-0.4, -0.2) is 26.2 Å². The first-order chi connectivity index (χ1) is 16.5. The van der Waals surface area contributed by atoms with E-state index in [0.29, 0.717) is 45.9 Å². The fourth-order valence-electron chi connectivity index (χ4n) is 4.69. The Bertz CT molecular complexity index is 1650. The number of nitro benzene ring substituents is 1. The molecule has 1 N–H and O–H groups in total. The lowest BCUT2D eigenvalue weighted by molar-refractivity contribution is -0.386. The van der Waals surface area contributed by atoms with E-state index in [0.717, 1.165) is 6.07 Å². The average molecular weight is 495 g/mol. The summed E-state index contributed by atoms with van der Waals surface area (Å²) in [5.41, 5.74) is 0.548. The third-order valence-electron chi connectivity index (χ3n) is 6.23. The van der Waals surface area contributed by atoms with Crippen LogP contribution >= 0.6 is 0 Å². The summed E-state index contributed by atoms with van der Waals surface area (Å²) in [6.45, 7) is 4.01. The zero-order chi connectivity index (χ0) is 25.1. The van der Waals surface area contributed by atoms with Crippen molar-refractivity contribution in [1.82, 2.24) is 0 Å². The minimum absolute atomic E-state index is 0.0488. The van der Waals surface area contributed by atoms with Gasteiger partial charge in [-0.05, 0) is 23.6 Å². The van der Waals surface area contributed by atoms with Gasteiger partial charge in [0.25, 0.3) is 10.0 Å². The van der Waals surface area contributed by atoms with E-state index in [-0.39, 0.29) is 27.5 Å². The number of benzene rings is 3. The Hall–Kier alpha value is -3.92. The van der Waals surface area contributed by atoms with E-state index < -0.39 is 20.6 Å². The molecule has 1 heterocycles. The van der Waals surface area contributed by atoms with Gasteiger partial charge in [-0.15, -0.1) is 0 Å². The van der Waals surface area contributed by atoms with E-state index in [1.54, 1.807) is 30.3 Å². The summed E-state index contributed by atoms with van der Waals surface area (Å²) in [6, 6.07) is 12.1. The van der Waals surface area contributed by atoms with Gasteiger partial charge in [-0.1, -0.05) is 38.1 Å². The number of Topliss-reactive ketones (excluding diaryl/α,β-unsaturated/α-hetero) is 1. The van der Waals surface area contributed by atoms with Gasteiger partial charge in [0, 0.05) is 35.1 Å². The quantitative estimate of drug-likeness (QED) is 0.288. The smallest absolute Gasteiger partial charge is 0.312 e. The highest BCUT2D eigenvalue weighted by molar-refractivity contribution is 7.92. The molecule has 35 heavy (non-hydrogen) atoms. The van der Waals surface area contributed by atoms with Crippen molar-refractivity contribution in [2.75, 3.05) is 11.8 Å². The number of nitrogens with zero attached hydrogens (tertiary/aromatic N) is 1. The summed E-state index contributed by atoms with van der Waals surface area (Å²) in [5, 5.41) is 13.2. The van der Waals surface area contributed by atoms with Crippen molar-refractivity contribution in [2.45, 2.75) is 31.6 Å². The van der Waals surface area contributed by atoms with Crippen molar-refractivity contribution >= 4 is 48.9 Å². The molecule has 180 valence electrons. The molecule has 9 nitrogen and oxygen atoms in total. The zero-order valence-electron chi connectivity index (χ0n) is 19.2. The molecule has 0 bridgehead atoms. The van der Waals surface area contributed by atoms with E-state index in [1.807, 2.05) is 13.8 Å². The van der Waals surface area contributed by atoms with E-state index >= 15 is 0 Å². The van der Waals surface area contributed by atoms with E-state index in [4.69, 9.17) is 9.15 Å². The maximum atomic E-state index is 13.3. The molecular weight excluding hydrogens is 472 g/mol. The van der Waals surface area contributed by atoms with Crippen LogP contribution in [0.5, 0.6) is 5.75 Å². The monoisotopic (exact) mass is 494 g/mol. The molecule has 1 aliphatic carbocycles. The number of nitro groups is 1. The van der Waals surface area contributed by atoms with Gasteiger partial charge in [0.15, 0.2) is 11.5 Å². The Balaban J connectivity index is 1.68. The minimum Gasteiger partial charge on any atom is -0.490 e. The molecule has 0 saturated carbocycles. The number of methoxy groups -OCH3 is 1. The van der Waals surface area contributed by atoms with Crippen LogP contribution < -0.4 is 9.46 Å². The molecule has 3 aromatic carbocycles. The number of carbonyl (C=O) groups is 1. The largest absolute Gasteiger partial charge is 0.490 e. The van der Waals surface area contributed by atoms with E-state index in [1.165, 1.54) is 19.2 Å². The number of ketones is 1. The highest BCUT2D eigenvalue weighted by atomic mass is 32.2. The molecule has 0 radical (unpaired) electrons. The van der Waals surface area contributed by atoms with Crippen LogP contribution in [0.2, 0.25) is 0 Å². The van der Waals surface area contributed by atoms with Crippen molar-refractivity contribution < 1.29 is 27.3 Å². The van der Waals surface area contributed by atoms with Crippen LogP contribution in [0.1, 0.15) is 36.4 Å². The van der Waals surface area contributed by atoms with Gasteiger partial charge < -0.3 is 9.15 Å². The highest BCUT2D eigenvalue weighted by Crippen LogP contribution is 2.43. The molecule has 0 aliphatic heterocycles. The highest BCUT2D eigenvalue weighted by Gasteiger charge is 2.36. The van der Waals surface area contributed by atoms with E-state index in [2.05, 4.69) is 4.72 Å². The molecule has 1 aromatic heterocycles. The summed E-state index contributed by atoms with van der Waals surface area (Å²) < 4.78 is 40.2. The number of hydrogen-bond acceptors (Lipinski definition) is 7. The van der Waals surface area contributed by atoms with Crippen molar-refractivity contribution in [1.29, 1.82) is 0 Å². The van der Waals surface area contributed by atoms with Crippen LogP contribution in [0.15, 0.2) is 57.8 Å². The third kappa shape index (κ3) is 3.79. The first-order valence-corrected chi connectivity index (χ1v) is 12.3. The van der Waals surface area contributed by atoms with Crippen LogP contribution in [0, 0.1) is 15.5 Å². The summed E-state index contributed by atoms with van der Waals surface area (Å²) in [6.07, 6.45) is 0.950. The van der Waals surface area contributed by atoms with E-state index in [9.17, 15) is 23.3 Å². The maximum Gasteiger partial charge on any atom is 0.312 e. The minimum atomic E-state index is -4.22. The molecule has 0 spiro atoms. The summed E-state index contributed by atoms with van der Waals surface area (Å²) in [4.78, 5) is 23.4. The van der Waals surface area contributed by atoms with Gasteiger partial charge in [-0.3, -0.25) is 19.6 Å². The maximum absolute atomic E-state index is 13.3. The number of ether oxygens (including phenoxy) is 1. The molecule has 10 heteroatoms. The zero-order valence-corrected chi connectivity index (χ0v) is 20.1. The Kier molecular flexibility index (Phi) is 5.10. The lowest BCUT2D eigenvalue weighted by Gasteiger charge is -2.27. The number of sulfonamides is 1. The summed E-state index contributed by atoms with van der Waals surface area (Å²) >= 11 is 0. The molecule has 0 unspecified atom stereocenters. The fraction of sp³-hybridized carbons (Fsp3) is 0.240. The number of rotatable bonds is 5. The van der Waals surface area contributed by atoms with Gasteiger partial charge in [0.2, 0.25) is 0 Å². The summed E-state index contributed by atoms with van der Waals surface area (Å²) in [7, 11) is -2.95. The second-order valence-corrected chi connectivity index (χ2v) is 11.1. The molecule has 4 aromatic rings. The van der Waals surface area contributed by atoms with Gasteiger partial charge in [0.1, 0.15) is 11.3 Å². The third-order valence-corrected chi connectivity index (χ3v) is 7.59. The summed E-state index contributed by atoms with van der Waals surface area (Å²) in [5.74, 6) is 0.495. The number of hydrogen-bond donors (Lipinski definition) is 1. The normalized spacial score (nSPS) is 15.2. The molecule has 0 fully saturated rings. The van der Waals surface area contributed by atoms with Gasteiger partial charge in [0.05, 0.1) is 28.2 Å². The Morgan fingerprint density at radius 2 is 1.77 bits per heavy atom. The lowest BCUT2D eigenvalue weighted by atomic mass is 9.76. The topological polar surface area (TPSA) is 129 Å². The molecule has 1 aliphatic rings. The number of fused-ring (bicyclic) bond motifs is 5. The number of anilines is 1. The predicted octanol–water partition coefficient (Wildman–Crippen LogP) is 5.46. The molecular formula is C25H22N2O7S. The number of nitrogens with one attached hydrogen (secondary N) is 1. The van der Waals surface area contributed by atoms with Crippen LogP contribution in [0.25, 0.3) is 21.7 Å². The van der Waals surface area contributed by atoms with Crippen LogP contribution in [0.3, 0.4) is 0 Å². The Labute approximate surface area is 200 Å². The number of furan rings is 1. The Morgan fingerprint density at radius 1 is 1.06 bits per heavy atom. The average Bonchev–Trinajstić information content (AvgIpc) is 3.15. The van der Waals surface area contributed by atoms with Crippen LogP contribution in [0.4, 0.5) is 11.4 Å². The molecule has 5 rings (SSSR count). The van der Waals surface area contributed by atoms with Gasteiger partial charge in [-0.2, -0.15) is 0 Å². The van der Waals surface area contributed by atoms with Gasteiger partial charge >= 0.3 is 5.69 Å². The molecule has 0 amide bonds. The second-order valence-electron chi connectivity index (χ2n) is 9.38. The van der Waals surface area contributed by atoms with Gasteiger partial charge in [-0.25, -0.2) is 8.42 Å². The van der Waals surface area contributed by atoms with Crippen molar-refractivity contribution in [3.8, 4) is 5.75 Å². The Morgan fingerprint density at radius 3 is 2.46 bits per heavy atom. The van der Waals surface area contributed by atoms with Crippen LogP contribution in [-0.2, 0) is 16.4 Å². The fourth-order valence-corrected chi connectivity index (χ4v) is 5.78. The standard InChI is InChI=1S/C25H22N2O7S/c1-25(2)12-20(28)23-17-11-18(15-6-4-5-7-16(15)24(17)34-22(23)13-25)26-35(31,32)14-8-9-21(33-3)19(10-14)27(29)30/h4-11,26H,12-13H2,1-3H3. The number of carbonyl (C=O) groups excluding carboxylic acids is 1. The molecule has 0 saturated heterocycles. The van der Waals surface area contributed by atoms with Crippen molar-refractivity contribution in [3.05, 3.63) is 70.0 Å². The predicted molar refractivity (Wildman–Crippen MR) is 131 cm³/mol. The van der Waals surface area contributed by atoms with Crippen molar-refractivity contribution in [2.24, 2.45) is 5.41 Å². The van der Waals surface area contributed by atoms with Crippen molar-refractivity contribution in [3.63, 3.8) is 0 Å².